The van der Waals surface area contributed by atoms with Crippen molar-refractivity contribution in [3.05, 3.63) is 40.7 Å². The minimum atomic E-state index is 0.289. The van der Waals surface area contributed by atoms with Crippen LogP contribution in [0.2, 0.25) is 0 Å². The van der Waals surface area contributed by atoms with E-state index in [0.717, 1.165) is 43.5 Å². The molecular formula is C16H21N3OS. The molecule has 1 aliphatic heterocycles. The quantitative estimate of drug-likeness (QED) is 0.919. The lowest BCUT2D eigenvalue weighted by Crippen LogP contribution is -2.44. The van der Waals surface area contributed by atoms with Crippen LogP contribution in [-0.2, 0) is 11.3 Å². The number of hydrogen-bond donors (Lipinski definition) is 1. The highest BCUT2D eigenvalue weighted by atomic mass is 32.1. The van der Waals surface area contributed by atoms with E-state index >= 15 is 0 Å². The number of benzene rings is 1. The number of hydrogen-bond acceptors (Lipinski definition) is 5. The number of nitrogens with zero attached hydrogens (tertiary/aromatic N) is 2. The highest BCUT2D eigenvalue weighted by molar-refractivity contribution is 7.09. The van der Waals surface area contributed by atoms with E-state index in [-0.39, 0.29) is 6.10 Å². The summed E-state index contributed by atoms with van der Waals surface area (Å²) in [5, 5.41) is 6.70. The second-order valence-electron chi connectivity index (χ2n) is 5.38. The number of rotatable bonds is 5. The fourth-order valence-corrected chi connectivity index (χ4v) is 3.24. The van der Waals surface area contributed by atoms with E-state index in [1.807, 2.05) is 18.2 Å². The van der Waals surface area contributed by atoms with Crippen molar-refractivity contribution >= 4 is 11.3 Å². The molecule has 1 saturated heterocycles. The van der Waals surface area contributed by atoms with Crippen LogP contribution in [0.5, 0.6) is 0 Å². The molecule has 21 heavy (non-hydrogen) atoms. The molecule has 1 aromatic carbocycles. The molecule has 3 rings (SSSR count). The second kappa shape index (κ2) is 7.13. The van der Waals surface area contributed by atoms with E-state index < -0.39 is 0 Å². The monoisotopic (exact) mass is 303 g/mol. The molecule has 0 amide bonds. The van der Waals surface area contributed by atoms with Gasteiger partial charge in [-0.15, -0.1) is 11.3 Å². The molecule has 1 atom stereocenters. The summed E-state index contributed by atoms with van der Waals surface area (Å²) in [4.78, 5) is 7.00. The summed E-state index contributed by atoms with van der Waals surface area (Å²) in [6.07, 6.45) is 0.289. The summed E-state index contributed by atoms with van der Waals surface area (Å²) in [5.41, 5.74) is 2.24. The Morgan fingerprint density at radius 2 is 2.24 bits per heavy atom. The van der Waals surface area contributed by atoms with Crippen LogP contribution in [0.3, 0.4) is 0 Å². The molecule has 112 valence electrons. The van der Waals surface area contributed by atoms with Gasteiger partial charge in [0.15, 0.2) is 0 Å². The van der Waals surface area contributed by atoms with Crippen LogP contribution in [0.1, 0.15) is 5.01 Å². The van der Waals surface area contributed by atoms with Crippen molar-refractivity contribution in [3.8, 4) is 11.3 Å². The topological polar surface area (TPSA) is 37.4 Å². The van der Waals surface area contributed by atoms with Gasteiger partial charge in [-0.3, -0.25) is 0 Å². The Kier molecular flexibility index (Phi) is 4.98. The summed E-state index contributed by atoms with van der Waals surface area (Å²) >= 11 is 1.71. The zero-order valence-electron chi connectivity index (χ0n) is 12.3. The zero-order valence-corrected chi connectivity index (χ0v) is 13.1. The number of aromatic nitrogens is 1. The Morgan fingerprint density at radius 3 is 3.05 bits per heavy atom. The van der Waals surface area contributed by atoms with Crippen LogP contribution in [0.25, 0.3) is 11.3 Å². The third-order valence-electron chi connectivity index (χ3n) is 3.61. The molecular weight excluding hydrogens is 282 g/mol. The number of morpholine rings is 1. The first-order chi connectivity index (χ1) is 10.3. The standard InChI is InChI=1S/C16H21N3OS/c1-19-7-8-20-14(11-19)9-17-10-16-18-15(12-21-16)13-5-3-2-4-6-13/h2-6,12,14,17H,7-11H2,1H3/t14-/m1/s1. The fourth-order valence-electron chi connectivity index (χ4n) is 2.46. The minimum Gasteiger partial charge on any atom is -0.374 e. The number of ether oxygens (including phenoxy) is 1. The highest BCUT2D eigenvalue weighted by Crippen LogP contribution is 2.21. The van der Waals surface area contributed by atoms with Gasteiger partial charge in [-0.25, -0.2) is 4.98 Å². The van der Waals surface area contributed by atoms with Crippen molar-refractivity contribution in [1.82, 2.24) is 15.2 Å². The maximum absolute atomic E-state index is 5.74. The highest BCUT2D eigenvalue weighted by Gasteiger charge is 2.17. The molecule has 1 aromatic heterocycles. The molecule has 0 aliphatic carbocycles. The Labute approximate surface area is 129 Å². The van der Waals surface area contributed by atoms with Crippen molar-refractivity contribution < 1.29 is 4.74 Å². The molecule has 1 N–H and O–H groups in total. The van der Waals surface area contributed by atoms with E-state index in [9.17, 15) is 0 Å². The number of nitrogens with one attached hydrogen (secondary N) is 1. The molecule has 5 heteroatoms. The summed E-state index contributed by atoms with van der Waals surface area (Å²) in [5.74, 6) is 0. The molecule has 4 nitrogen and oxygen atoms in total. The maximum Gasteiger partial charge on any atom is 0.107 e. The first kappa shape index (κ1) is 14.7. The van der Waals surface area contributed by atoms with Crippen molar-refractivity contribution in [2.24, 2.45) is 0 Å². The van der Waals surface area contributed by atoms with Crippen LogP contribution in [-0.4, -0.2) is 49.3 Å². The molecule has 0 saturated carbocycles. The van der Waals surface area contributed by atoms with Crippen LogP contribution in [0.4, 0.5) is 0 Å². The van der Waals surface area contributed by atoms with Gasteiger partial charge in [-0.05, 0) is 7.05 Å². The third kappa shape index (κ3) is 4.11. The van der Waals surface area contributed by atoms with Crippen molar-refractivity contribution in [2.75, 3.05) is 33.3 Å². The SMILES string of the molecule is CN1CCO[C@H](CNCc2nc(-c3ccccc3)cs2)C1. The van der Waals surface area contributed by atoms with E-state index in [4.69, 9.17) is 4.74 Å². The van der Waals surface area contributed by atoms with E-state index in [1.165, 1.54) is 5.56 Å². The summed E-state index contributed by atoms with van der Waals surface area (Å²) in [6.45, 7) is 4.55. The van der Waals surface area contributed by atoms with E-state index in [2.05, 4.69) is 39.8 Å². The maximum atomic E-state index is 5.74. The summed E-state index contributed by atoms with van der Waals surface area (Å²) in [7, 11) is 2.14. The predicted octanol–water partition coefficient (Wildman–Crippen LogP) is 2.23. The third-order valence-corrected chi connectivity index (χ3v) is 4.46. The molecule has 0 unspecified atom stereocenters. The first-order valence-corrected chi connectivity index (χ1v) is 8.20. The van der Waals surface area contributed by atoms with E-state index in [0.29, 0.717) is 0 Å². The smallest absolute Gasteiger partial charge is 0.107 e. The van der Waals surface area contributed by atoms with Gasteiger partial charge in [-0.1, -0.05) is 30.3 Å². The fraction of sp³-hybridized carbons (Fsp3) is 0.438. The van der Waals surface area contributed by atoms with Gasteiger partial charge in [0.2, 0.25) is 0 Å². The van der Waals surface area contributed by atoms with Crippen molar-refractivity contribution in [1.29, 1.82) is 0 Å². The Hall–Kier alpha value is -1.27. The zero-order chi connectivity index (χ0) is 14.5. The van der Waals surface area contributed by atoms with Crippen LogP contribution < -0.4 is 5.32 Å². The Morgan fingerprint density at radius 1 is 1.38 bits per heavy atom. The Bertz CT molecular complexity index is 558. The van der Waals surface area contributed by atoms with Gasteiger partial charge < -0.3 is 15.0 Å². The lowest BCUT2D eigenvalue weighted by Gasteiger charge is -2.30. The number of likely N-dealkylation sites (N-methyl/N-ethyl adjacent to an activating group) is 1. The minimum absolute atomic E-state index is 0.289. The molecule has 0 spiro atoms. The average Bonchev–Trinajstić information content (AvgIpc) is 2.97. The Balaban J connectivity index is 1.49. The van der Waals surface area contributed by atoms with E-state index in [1.54, 1.807) is 11.3 Å². The van der Waals surface area contributed by atoms with Crippen molar-refractivity contribution in [2.45, 2.75) is 12.6 Å². The molecule has 1 aliphatic rings. The van der Waals surface area contributed by atoms with Gasteiger partial charge in [0, 0.05) is 37.1 Å². The van der Waals surface area contributed by atoms with Crippen LogP contribution in [0, 0.1) is 0 Å². The summed E-state index contributed by atoms with van der Waals surface area (Å²) in [6, 6.07) is 10.3. The first-order valence-electron chi connectivity index (χ1n) is 7.32. The van der Waals surface area contributed by atoms with Gasteiger partial charge in [0.05, 0.1) is 18.4 Å². The number of thiazole rings is 1. The second-order valence-corrected chi connectivity index (χ2v) is 6.32. The normalized spacial score (nSPS) is 19.8. The largest absolute Gasteiger partial charge is 0.374 e. The predicted molar refractivity (Wildman–Crippen MR) is 86.5 cm³/mol. The molecule has 0 radical (unpaired) electrons. The molecule has 2 heterocycles. The van der Waals surface area contributed by atoms with Gasteiger partial charge >= 0.3 is 0 Å². The average molecular weight is 303 g/mol. The van der Waals surface area contributed by atoms with Gasteiger partial charge in [-0.2, -0.15) is 0 Å². The molecule has 0 bridgehead atoms. The molecule has 1 fully saturated rings. The molecule has 2 aromatic rings. The van der Waals surface area contributed by atoms with Gasteiger partial charge in [0.25, 0.3) is 0 Å². The lowest BCUT2D eigenvalue weighted by atomic mass is 10.2. The summed E-state index contributed by atoms with van der Waals surface area (Å²) < 4.78 is 5.74. The van der Waals surface area contributed by atoms with Crippen LogP contribution >= 0.6 is 11.3 Å². The van der Waals surface area contributed by atoms with Crippen molar-refractivity contribution in [3.63, 3.8) is 0 Å². The van der Waals surface area contributed by atoms with Crippen LogP contribution in [0.15, 0.2) is 35.7 Å². The van der Waals surface area contributed by atoms with Gasteiger partial charge in [0.1, 0.15) is 5.01 Å². The lowest BCUT2D eigenvalue weighted by molar-refractivity contribution is -0.0182.